The van der Waals surface area contributed by atoms with Gasteiger partial charge in [-0.3, -0.25) is 5.10 Å². The van der Waals surface area contributed by atoms with Gasteiger partial charge in [0.05, 0.1) is 12.3 Å². The number of hydrogen-bond acceptors (Lipinski definition) is 3. The highest BCUT2D eigenvalue weighted by atomic mass is 16.5. The molecule has 0 aromatic carbocycles. The van der Waals surface area contributed by atoms with Gasteiger partial charge in [-0.2, -0.15) is 5.10 Å². The lowest BCUT2D eigenvalue weighted by Crippen LogP contribution is -2.60. The molecule has 0 aliphatic heterocycles. The van der Waals surface area contributed by atoms with Gasteiger partial charge in [-0.25, -0.2) is 0 Å². The van der Waals surface area contributed by atoms with Crippen molar-refractivity contribution in [1.82, 2.24) is 15.5 Å². The van der Waals surface area contributed by atoms with Crippen LogP contribution in [0.4, 0.5) is 0 Å². The number of ether oxygens (including phenoxy) is 1. The molecule has 0 saturated heterocycles. The number of aryl methyl sites for hydroxylation is 1. The molecular formula is C13H23N3O. The average Bonchev–Trinajstić information content (AvgIpc) is 2.68. The van der Waals surface area contributed by atoms with Crippen LogP contribution < -0.4 is 5.32 Å². The Bertz CT molecular complexity index is 372. The van der Waals surface area contributed by atoms with Gasteiger partial charge >= 0.3 is 0 Å². The number of aromatic nitrogens is 2. The number of aromatic amines is 1. The molecule has 0 amide bonds. The molecule has 96 valence electrons. The second-order valence-electron chi connectivity index (χ2n) is 5.45. The molecule has 1 aliphatic rings. The highest BCUT2D eigenvalue weighted by Gasteiger charge is 2.48. The molecular weight excluding hydrogens is 214 g/mol. The van der Waals surface area contributed by atoms with Crippen LogP contribution in [0.5, 0.6) is 0 Å². The van der Waals surface area contributed by atoms with E-state index in [1.54, 1.807) is 0 Å². The van der Waals surface area contributed by atoms with Gasteiger partial charge in [0, 0.05) is 35.9 Å². The number of hydrogen-bond donors (Lipinski definition) is 2. The molecule has 1 aliphatic carbocycles. The molecule has 1 saturated carbocycles. The van der Waals surface area contributed by atoms with Crippen molar-refractivity contribution >= 4 is 0 Å². The summed E-state index contributed by atoms with van der Waals surface area (Å²) in [7, 11) is 0. The van der Waals surface area contributed by atoms with Crippen LogP contribution in [0.3, 0.4) is 0 Å². The lowest BCUT2D eigenvalue weighted by Gasteiger charge is -2.52. The van der Waals surface area contributed by atoms with E-state index < -0.39 is 0 Å². The van der Waals surface area contributed by atoms with Crippen molar-refractivity contribution in [2.45, 2.75) is 52.8 Å². The van der Waals surface area contributed by atoms with Gasteiger partial charge in [-0.15, -0.1) is 0 Å². The number of rotatable bonds is 5. The van der Waals surface area contributed by atoms with Crippen molar-refractivity contribution in [2.24, 2.45) is 5.41 Å². The third kappa shape index (κ3) is 2.38. The molecule has 1 aromatic rings. The number of nitrogens with one attached hydrogen (secondary N) is 2. The Morgan fingerprint density at radius 1 is 1.59 bits per heavy atom. The van der Waals surface area contributed by atoms with Gasteiger partial charge < -0.3 is 10.1 Å². The molecule has 0 bridgehead atoms. The van der Waals surface area contributed by atoms with Crippen molar-refractivity contribution in [3.63, 3.8) is 0 Å². The highest BCUT2D eigenvalue weighted by molar-refractivity contribution is 5.15. The maximum absolute atomic E-state index is 5.73. The fourth-order valence-corrected chi connectivity index (χ4v) is 2.50. The summed E-state index contributed by atoms with van der Waals surface area (Å²) in [5, 5.41) is 10.6. The molecule has 1 heterocycles. The predicted octanol–water partition coefficient (Wildman–Crippen LogP) is 2.01. The zero-order valence-electron chi connectivity index (χ0n) is 11.2. The van der Waals surface area contributed by atoms with Crippen LogP contribution >= 0.6 is 0 Å². The van der Waals surface area contributed by atoms with Crippen molar-refractivity contribution in [2.75, 3.05) is 6.61 Å². The molecule has 2 rings (SSSR count). The summed E-state index contributed by atoms with van der Waals surface area (Å²) in [6.45, 7) is 10.4. The molecule has 17 heavy (non-hydrogen) atoms. The van der Waals surface area contributed by atoms with Crippen LogP contribution in [0, 0.1) is 12.3 Å². The summed E-state index contributed by atoms with van der Waals surface area (Å²) >= 11 is 0. The Kier molecular flexibility index (Phi) is 3.54. The smallest absolute Gasteiger partial charge is 0.0655 e. The highest BCUT2D eigenvalue weighted by Crippen LogP contribution is 2.42. The quantitative estimate of drug-likeness (QED) is 0.823. The van der Waals surface area contributed by atoms with E-state index in [4.69, 9.17) is 4.74 Å². The van der Waals surface area contributed by atoms with Crippen molar-refractivity contribution in [3.8, 4) is 0 Å². The third-order valence-corrected chi connectivity index (χ3v) is 4.02. The Morgan fingerprint density at radius 2 is 2.35 bits per heavy atom. The van der Waals surface area contributed by atoms with Gasteiger partial charge in [0.25, 0.3) is 0 Å². The van der Waals surface area contributed by atoms with Crippen LogP contribution in [0.2, 0.25) is 0 Å². The van der Waals surface area contributed by atoms with Gasteiger partial charge in [0.2, 0.25) is 0 Å². The van der Waals surface area contributed by atoms with Crippen LogP contribution in [0.1, 0.15) is 38.4 Å². The minimum atomic E-state index is 0.230. The van der Waals surface area contributed by atoms with E-state index in [0.29, 0.717) is 12.1 Å². The summed E-state index contributed by atoms with van der Waals surface area (Å²) in [6.07, 6.45) is 3.40. The first-order valence-electron chi connectivity index (χ1n) is 6.39. The maximum Gasteiger partial charge on any atom is 0.0655 e. The van der Waals surface area contributed by atoms with Crippen molar-refractivity contribution in [3.05, 3.63) is 17.5 Å². The van der Waals surface area contributed by atoms with E-state index in [9.17, 15) is 0 Å². The zero-order valence-corrected chi connectivity index (χ0v) is 11.2. The Balaban J connectivity index is 1.84. The Hall–Kier alpha value is -0.870. The topological polar surface area (TPSA) is 49.9 Å². The average molecular weight is 237 g/mol. The largest absolute Gasteiger partial charge is 0.378 e. The Morgan fingerprint density at radius 3 is 2.88 bits per heavy atom. The monoisotopic (exact) mass is 237 g/mol. The lowest BCUT2D eigenvalue weighted by molar-refractivity contribution is -0.114. The molecule has 2 unspecified atom stereocenters. The standard InChI is InChI=1S/C13H23N3O/c1-5-17-12-6-11(13(12,3)4)14-7-10-8-15-16-9(10)2/h8,11-12,14H,5-7H2,1-4H3,(H,15,16). The second-order valence-corrected chi connectivity index (χ2v) is 5.45. The molecule has 1 aromatic heterocycles. The normalized spacial score (nSPS) is 26.8. The fourth-order valence-electron chi connectivity index (χ4n) is 2.50. The summed E-state index contributed by atoms with van der Waals surface area (Å²) in [6, 6.07) is 0.536. The summed E-state index contributed by atoms with van der Waals surface area (Å²) in [5.41, 5.74) is 2.63. The van der Waals surface area contributed by atoms with E-state index in [-0.39, 0.29) is 5.41 Å². The molecule has 2 atom stereocenters. The van der Waals surface area contributed by atoms with Gasteiger partial charge in [0.15, 0.2) is 0 Å². The molecule has 0 spiro atoms. The van der Waals surface area contributed by atoms with Gasteiger partial charge in [0.1, 0.15) is 0 Å². The van der Waals surface area contributed by atoms with E-state index in [0.717, 1.165) is 25.3 Å². The SMILES string of the molecule is CCOC1CC(NCc2cn[nH]c2C)C1(C)C. The van der Waals surface area contributed by atoms with Gasteiger partial charge in [-0.05, 0) is 20.3 Å². The summed E-state index contributed by atoms with van der Waals surface area (Å²) in [5.74, 6) is 0. The fraction of sp³-hybridized carbons (Fsp3) is 0.769. The Labute approximate surface area is 103 Å². The predicted molar refractivity (Wildman–Crippen MR) is 67.8 cm³/mol. The summed E-state index contributed by atoms with van der Waals surface area (Å²) in [4.78, 5) is 0. The molecule has 0 radical (unpaired) electrons. The van der Waals surface area contributed by atoms with Crippen LogP contribution in [-0.2, 0) is 11.3 Å². The van der Waals surface area contributed by atoms with E-state index in [1.807, 2.05) is 6.20 Å². The lowest BCUT2D eigenvalue weighted by atomic mass is 9.64. The summed E-state index contributed by atoms with van der Waals surface area (Å²) < 4.78 is 5.73. The van der Waals surface area contributed by atoms with Crippen molar-refractivity contribution < 1.29 is 4.74 Å². The van der Waals surface area contributed by atoms with E-state index in [1.165, 1.54) is 5.56 Å². The third-order valence-electron chi connectivity index (χ3n) is 4.02. The van der Waals surface area contributed by atoms with Crippen LogP contribution in [-0.4, -0.2) is 29.0 Å². The maximum atomic E-state index is 5.73. The van der Waals surface area contributed by atoms with Crippen LogP contribution in [0.25, 0.3) is 0 Å². The van der Waals surface area contributed by atoms with Gasteiger partial charge in [-0.1, -0.05) is 13.8 Å². The second kappa shape index (κ2) is 4.78. The molecule has 1 fully saturated rings. The number of nitrogens with zero attached hydrogens (tertiary/aromatic N) is 1. The first-order chi connectivity index (χ1) is 8.05. The molecule has 2 N–H and O–H groups in total. The molecule has 4 nitrogen and oxygen atoms in total. The van der Waals surface area contributed by atoms with E-state index >= 15 is 0 Å². The zero-order chi connectivity index (χ0) is 12.5. The number of H-pyrrole nitrogens is 1. The first-order valence-corrected chi connectivity index (χ1v) is 6.39. The molecule has 4 heteroatoms. The van der Waals surface area contributed by atoms with Crippen molar-refractivity contribution in [1.29, 1.82) is 0 Å². The van der Waals surface area contributed by atoms with Crippen LogP contribution in [0.15, 0.2) is 6.20 Å². The van der Waals surface area contributed by atoms with E-state index in [2.05, 4.69) is 43.2 Å². The minimum Gasteiger partial charge on any atom is -0.378 e. The minimum absolute atomic E-state index is 0.230. The first kappa shape index (κ1) is 12.6.